The average Bonchev–Trinajstić information content (AvgIpc) is 2.46. The van der Waals surface area contributed by atoms with Crippen LogP contribution in [0.25, 0.3) is 10.9 Å². The summed E-state index contributed by atoms with van der Waals surface area (Å²) >= 11 is 0. The number of hydrogen-bond acceptors (Lipinski definition) is 5. The molecule has 7 nitrogen and oxygen atoms in total. The number of rotatable bonds is 2. The molecule has 0 aliphatic carbocycles. The lowest BCUT2D eigenvalue weighted by atomic mass is 10.1. The van der Waals surface area contributed by atoms with E-state index in [2.05, 4.69) is 15.3 Å². The van der Waals surface area contributed by atoms with Crippen molar-refractivity contribution in [1.82, 2.24) is 15.3 Å². The van der Waals surface area contributed by atoms with Gasteiger partial charge in [0.25, 0.3) is 0 Å². The van der Waals surface area contributed by atoms with Crippen molar-refractivity contribution in [3.8, 4) is 0 Å². The number of anilines is 1. The van der Waals surface area contributed by atoms with Gasteiger partial charge in [0.15, 0.2) is 12.1 Å². The maximum absolute atomic E-state index is 11.9. The summed E-state index contributed by atoms with van der Waals surface area (Å²) in [4.78, 5) is 43.2. The summed E-state index contributed by atoms with van der Waals surface area (Å²) in [7, 11) is 0. The molecule has 2 heterocycles. The first-order valence-electron chi connectivity index (χ1n) is 6.01. The smallest absolute Gasteiger partial charge is 0.294 e. The Kier molecular flexibility index (Phi) is 2.86. The molecule has 0 spiro atoms. The van der Waals surface area contributed by atoms with Gasteiger partial charge < -0.3 is 0 Å². The second kappa shape index (κ2) is 4.69. The van der Waals surface area contributed by atoms with Crippen LogP contribution in [0.15, 0.2) is 24.4 Å². The predicted molar refractivity (Wildman–Crippen MR) is 70.4 cm³/mol. The van der Waals surface area contributed by atoms with E-state index in [9.17, 15) is 14.4 Å². The van der Waals surface area contributed by atoms with Gasteiger partial charge in [0.05, 0.1) is 11.2 Å². The zero-order valence-electron chi connectivity index (χ0n) is 10.4. The molecular weight excluding hydrogens is 260 g/mol. The minimum Gasteiger partial charge on any atom is -0.294 e. The van der Waals surface area contributed by atoms with Crippen molar-refractivity contribution in [2.45, 2.75) is 6.42 Å². The highest BCUT2D eigenvalue weighted by molar-refractivity contribution is 6.09. The van der Waals surface area contributed by atoms with Crippen molar-refractivity contribution in [2.75, 3.05) is 11.4 Å². The van der Waals surface area contributed by atoms with Gasteiger partial charge in [0.1, 0.15) is 0 Å². The fraction of sp³-hybridized carbons (Fsp3) is 0.154. The van der Waals surface area contributed by atoms with E-state index in [0.29, 0.717) is 29.4 Å². The molecule has 1 saturated heterocycles. The third-order valence-electron chi connectivity index (χ3n) is 3.07. The molecule has 0 radical (unpaired) electrons. The van der Waals surface area contributed by atoms with Gasteiger partial charge >= 0.3 is 6.03 Å². The number of benzene rings is 1. The number of nitrogens with zero attached hydrogens (tertiary/aromatic N) is 3. The lowest BCUT2D eigenvalue weighted by molar-refractivity contribution is -0.120. The van der Waals surface area contributed by atoms with Crippen molar-refractivity contribution in [3.05, 3.63) is 30.2 Å². The van der Waals surface area contributed by atoms with Crippen LogP contribution in [0.1, 0.15) is 17.0 Å². The van der Waals surface area contributed by atoms with Gasteiger partial charge in [0.2, 0.25) is 5.91 Å². The largest absolute Gasteiger partial charge is 0.328 e. The van der Waals surface area contributed by atoms with Gasteiger partial charge in [-0.25, -0.2) is 14.8 Å². The van der Waals surface area contributed by atoms with Crippen LogP contribution in [0, 0.1) is 0 Å². The highest BCUT2D eigenvalue weighted by Gasteiger charge is 2.25. The maximum Gasteiger partial charge on any atom is 0.328 e. The van der Waals surface area contributed by atoms with Crippen molar-refractivity contribution >= 4 is 34.8 Å². The third kappa shape index (κ3) is 1.99. The summed E-state index contributed by atoms with van der Waals surface area (Å²) in [6.45, 7) is 0.305. The predicted octanol–water partition coefficient (Wildman–Crippen LogP) is 0.889. The molecule has 100 valence electrons. The SMILES string of the molecule is O=Cc1ncc2c(N3CCC(=O)NC3=O)cccc2n1. The van der Waals surface area contributed by atoms with Crippen LogP contribution in [-0.4, -0.2) is 34.7 Å². The molecule has 1 N–H and O–H groups in total. The first-order chi connectivity index (χ1) is 9.69. The number of aldehydes is 1. The van der Waals surface area contributed by atoms with E-state index in [1.165, 1.54) is 11.1 Å². The Morgan fingerprint density at radius 2 is 2.15 bits per heavy atom. The third-order valence-corrected chi connectivity index (χ3v) is 3.07. The fourth-order valence-electron chi connectivity index (χ4n) is 2.14. The van der Waals surface area contributed by atoms with Crippen LogP contribution in [-0.2, 0) is 4.79 Å². The number of carbonyl (C=O) groups excluding carboxylic acids is 3. The lowest BCUT2D eigenvalue weighted by Gasteiger charge is -2.27. The molecule has 20 heavy (non-hydrogen) atoms. The van der Waals surface area contributed by atoms with Crippen LogP contribution in [0.4, 0.5) is 10.5 Å². The van der Waals surface area contributed by atoms with Gasteiger partial charge in [-0.1, -0.05) is 6.07 Å². The lowest BCUT2D eigenvalue weighted by Crippen LogP contribution is -2.49. The van der Waals surface area contributed by atoms with Gasteiger partial charge in [0, 0.05) is 24.5 Å². The number of imide groups is 1. The maximum atomic E-state index is 11.9. The van der Waals surface area contributed by atoms with E-state index in [1.807, 2.05) is 0 Å². The van der Waals surface area contributed by atoms with Crippen molar-refractivity contribution in [1.29, 1.82) is 0 Å². The van der Waals surface area contributed by atoms with Crippen LogP contribution >= 0.6 is 0 Å². The monoisotopic (exact) mass is 270 g/mol. The van der Waals surface area contributed by atoms with Crippen molar-refractivity contribution in [3.63, 3.8) is 0 Å². The molecule has 1 aromatic heterocycles. The van der Waals surface area contributed by atoms with Gasteiger partial charge in [-0.2, -0.15) is 0 Å². The molecule has 1 aliphatic heterocycles. The molecule has 0 saturated carbocycles. The summed E-state index contributed by atoms with van der Waals surface area (Å²) in [6, 6.07) is 4.76. The Bertz CT molecular complexity index is 729. The molecule has 1 aromatic carbocycles. The topological polar surface area (TPSA) is 92.3 Å². The van der Waals surface area contributed by atoms with Crippen LogP contribution in [0.3, 0.4) is 0 Å². The van der Waals surface area contributed by atoms with Crippen molar-refractivity contribution in [2.24, 2.45) is 0 Å². The second-order valence-electron chi connectivity index (χ2n) is 4.31. The Morgan fingerprint density at radius 3 is 2.90 bits per heavy atom. The molecule has 1 aliphatic rings. The zero-order chi connectivity index (χ0) is 14.1. The highest BCUT2D eigenvalue weighted by Crippen LogP contribution is 2.26. The van der Waals surface area contributed by atoms with Crippen LogP contribution < -0.4 is 10.2 Å². The van der Waals surface area contributed by atoms with Crippen LogP contribution in [0.2, 0.25) is 0 Å². The van der Waals surface area contributed by atoms with E-state index in [4.69, 9.17) is 0 Å². The molecule has 1 fully saturated rings. The van der Waals surface area contributed by atoms with E-state index in [1.54, 1.807) is 18.2 Å². The highest BCUT2D eigenvalue weighted by atomic mass is 16.2. The van der Waals surface area contributed by atoms with Gasteiger partial charge in [-0.15, -0.1) is 0 Å². The van der Waals surface area contributed by atoms with Gasteiger partial charge in [-0.3, -0.25) is 19.8 Å². The van der Waals surface area contributed by atoms with E-state index >= 15 is 0 Å². The number of carbonyl (C=O) groups is 3. The molecule has 2 aromatic rings. The summed E-state index contributed by atoms with van der Waals surface area (Å²) in [5, 5.41) is 2.92. The van der Waals surface area contributed by atoms with Gasteiger partial charge in [-0.05, 0) is 12.1 Å². The Labute approximate surface area is 113 Å². The normalized spacial score (nSPS) is 15.3. The van der Waals surface area contributed by atoms with E-state index < -0.39 is 6.03 Å². The number of urea groups is 1. The Balaban J connectivity index is 2.09. The molecule has 0 atom stereocenters. The van der Waals surface area contributed by atoms with Crippen molar-refractivity contribution < 1.29 is 14.4 Å². The van der Waals surface area contributed by atoms with E-state index in [-0.39, 0.29) is 18.2 Å². The van der Waals surface area contributed by atoms with Crippen LogP contribution in [0.5, 0.6) is 0 Å². The summed E-state index contributed by atoms with van der Waals surface area (Å²) in [6.07, 6.45) is 2.32. The molecule has 0 bridgehead atoms. The first kappa shape index (κ1) is 12.2. The average molecular weight is 270 g/mol. The number of hydrogen-bond donors (Lipinski definition) is 1. The molecule has 3 amide bonds. The number of amides is 3. The number of aromatic nitrogens is 2. The molecule has 0 unspecified atom stereocenters. The summed E-state index contributed by atoms with van der Waals surface area (Å²) in [5.74, 6) is -0.195. The standard InChI is InChI=1S/C13H10N4O3/c18-7-11-14-6-8-9(15-11)2-1-3-10(8)17-5-4-12(19)16-13(17)20/h1-3,6-7H,4-5H2,(H,16,19,20). The quantitative estimate of drug-likeness (QED) is 0.818. The number of fused-ring (bicyclic) bond motifs is 1. The second-order valence-corrected chi connectivity index (χ2v) is 4.31. The summed E-state index contributed by atoms with van der Waals surface area (Å²) in [5.41, 5.74) is 1.19. The first-order valence-corrected chi connectivity index (χ1v) is 6.01. The number of nitrogens with one attached hydrogen (secondary N) is 1. The molecule has 7 heteroatoms. The molecular formula is C13H10N4O3. The minimum absolute atomic E-state index is 0.0907. The van der Waals surface area contributed by atoms with E-state index in [0.717, 1.165) is 0 Å². The Hall–Kier alpha value is -2.83. The zero-order valence-corrected chi connectivity index (χ0v) is 10.4. The Morgan fingerprint density at radius 1 is 1.30 bits per heavy atom. The fourth-order valence-corrected chi connectivity index (χ4v) is 2.14. The summed E-state index contributed by atoms with van der Waals surface area (Å²) < 4.78 is 0. The minimum atomic E-state index is -0.465. The molecule has 3 rings (SSSR count).